The van der Waals surface area contributed by atoms with Crippen LogP contribution in [0.25, 0.3) is 0 Å². The van der Waals surface area contributed by atoms with Gasteiger partial charge in [-0.1, -0.05) is 25.7 Å². The van der Waals surface area contributed by atoms with E-state index < -0.39 is 31.3 Å². The summed E-state index contributed by atoms with van der Waals surface area (Å²) in [6.07, 6.45) is 4.90. The highest BCUT2D eigenvalue weighted by molar-refractivity contribution is 8.05. The Balaban J connectivity index is 2.48. The molecular formula is C9H16F3NO4S2. The number of halogens is 3. The lowest BCUT2D eigenvalue weighted by molar-refractivity contribution is -0.0441. The van der Waals surface area contributed by atoms with Gasteiger partial charge < -0.3 is 0 Å². The van der Waals surface area contributed by atoms with Crippen molar-refractivity contribution < 1.29 is 30.0 Å². The summed E-state index contributed by atoms with van der Waals surface area (Å²) in [5.41, 5.74) is -5.62. The Morgan fingerprint density at radius 3 is 2.05 bits per heavy atom. The molecule has 0 aromatic heterocycles. The van der Waals surface area contributed by atoms with Gasteiger partial charge in [0, 0.05) is 0 Å². The molecule has 0 spiro atoms. The first kappa shape index (κ1) is 16.7. The highest BCUT2D eigenvalue weighted by atomic mass is 32.3. The third kappa shape index (κ3) is 5.27. The molecule has 0 radical (unpaired) electrons. The van der Waals surface area contributed by atoms with Gasteiger partial charge in [-0.05, 0) is 18.8 Å². The molecule has 1 fully saturated rings. The Bertz CT molecular complexity index is 492. The predicted octanol–water partition coefficient (Wildman–Crippen LogP) is 1.73. The van der Waals surface area contributed by atoms with Crippen molar-refractivity contribution in [1.29, 1.82) is 0 Å². The van der Waals surface area contributed by atoms with Crippen molar-refractivity contribution >= 4 is 20.0 Å². The van der Waals surface area contributed by atoms with Gasteiger partial charge in [0.05, 0.1) is 5.75 Å². The largest absolute Gasteiger partial charge is 0.512 e. The third-order valence-electron chi connectivity index (χ3n) is 3.04. The van der Waals surface area contributed by atoms with E-state index in [9.17, 15) is 30.0 Å². The molecule has 10 heteroatoms. The Kier molecular flexibility index (Phi) is 5.24. The van der Waals surface area contributed by atoms with Crippen molar-refractivity contribution in [2.24, 2.45) is 5.92 Å². The topological polar surface area (TPSA) is 80.3 Å². The van der Waals surface area contributed by atoms with Gasteiger partial charge >= 0.3 is 15.5 Å². The molecule has 1 N–H and O–H groups in total. The molecule has 0 aliphatic heterocycles. The highest BCUT2D eigenvalue weighted by Crippen LogP contribution is 2.28. The first-order chi connectivity index (χ1) is 8.54. The maximum absolute atomic E-state index is 12.0. The molecule has 0 saturated heterocycles. The minimum absolute atomic E-state index is 0.160. The minimum atomic E-state index is -5.84. The lowest BCUT2D eigenvalue weighted by atomic mass is 10.0. The van der Waals surface area contributed by atoms with Crippen molar-refractivity contribution in [3.05, 3.63) is 0 Å². The predicted molar refractivity (Wildman–Crippen MR) is 63.1 cm³/mol. The Morgan fingerprint density at radius 2 is 1.58 bits per heavy atom. The van der Waals surface area contributed by atoms with Crippen LogP contribution in [0, 0.1) is 5.92 Å². The first-order valence-electron chi connectivity index (χ1n) is 5.86. The van der Waals surface area contributed by atoms with Crippen LogP contribution in [0.4, 0.5) is 13.2 Å². The van der Waals surface area contributed by atoms with Gasteiger partial charge in [-0.25, -0.2) is 16.8 Å². The Hall–Kier alpha value is -0.350. The van der Waals surface area contributed by atoms with Crippen LogP contribution in [0.2, 0.25) is 0 Å². The van der Waals surface area contributed by atoms with Crippen LogP contribution < -0.4 is 4.13 Å². The van der Waals surface area contributed by atoms with E-state index in [2.05, 4.69) is 0 Å². The molecule has 1 aliphatic carbocycles. The smallest absolute Gasteiger partial charge is 0.211 e. The summed E-state index contributed by atoms with van der Waals surface area (Å²) in [5, 5.41) is 0. The lowest BCUT2D eigenvalue weighted by Gasteiger charge is -2.11. The van der Waals surface area contributed by atoms with E-state index in [-0.39, 0.29) is 6.42 Å². The van der Waals surface area contributed by atoms with Crippen LogP contribution in [0.3, 0.4) is 0 Å². The molecule has 0 atom stereocenters. The first-order valence-corrected chi connectivity index (χ1v) is 8.99. The van der Waals surface area contributed by atoms with Crippen molar-refractivity contribution in [3.63, 3.8) is 0 Å². The average Bonchev–Trinajstić information content (AvgIpc) is 2.66. The summed E-state index contributed by atoms with van der Waals surface area (Å²) in [4.78, 5) is 0. The molecule has 0 amide bonds. The van der Waals surface area contributed by atoms with Crippen molar-refractivity contribution in [2.75, 3.05) is 5.75 Å². The molecule has 1 saturated carbocycles. The van der Waals surface area contributed by atoms with Crippen LogP contribution in [-0.4, -0.2) is 28.1 Å². The Morgan fingerprint density at radius 1 is 1.05 bits per heavy atom. The van der Waals surface area contributed by atoms with Gasteiger partial charge in [0.15, 0.2) is 0 Å². The molecule has 0 heterocycles. The van der Waals surface area contributed by atoms with E-state index >= 15 is 0 Å². The van der Waals surface area contributed by atoms with Gasteiger partial charge in [-0.15, -0.1) is 4.13 Å². The molecule has 0 bridgehead atoms. The van der Waals surface area contributed by atoms with Crippen LogP contribution in [0.1, 0.15) is 38.5 Å². The molecule has 114 valence electrons. The average molecular weight is 323 g/mol. The highest BCUT2D eigenvalue weighted by Gasteiger charge is 2.48. The number of sulfonamides is 2. The molecule has 1 aliphatic rings. The third-order valence-corrected chi connectivity index (χ3v) is 6.37. The lowest BCUT2D eigenvalue weighted by Crippen LogP contribution is -2.41. The molecule has 0 unspecified atom stereocenters. The maximum Gasteiger partial charge on any atom is 0.512 e. The van der Waals surface area contributed by atoms with Gasteiger partial charge in [0.2, 0.25) is 10.0 Å². The van der Waals surface area contributed by atoms with Crippen molar-refractivity contribution in [2.45, 2.75) is 44.0 Å². The van der Waals surface area contributed by atoms with E-state index in [4.69, 9.17) is 0 Å². The van der Waals surface area contributed by atoms with Crippen LogP contribution in [-0.2, 0) is 20.0 Å². The summed E-state index contributed by atoms with van der Waals surface area (Å²) in [5.74, 6) is -0.215. The summed E-state index contributed by atoms with van der Waals surface area (Å²) in [7, 11) is -10.3. The van der Waals surface area contributed by atoms with E-state index in [1.54, 1.807) is 0 Å². The SMILES string of the molecule is O=S(=O)(CCCC1CCCC1)NS(=O)(=O)C(F)(F)F. The van der Waals surface area contributed by atoms with Gasteiger partial charge in [0.25, 0.3) is 0 Å². The van der Waals surface area contributed by atoms with Gasteiger partial charge in [0.1, 0.15) is 0 Å². The molecule has 5 nitrogen and oxygen atoms in total. The van der Waals surface area contributed by atoms with Gasteiger partial charge in [-0.3, -0.25) is 0 Å². The zero-order chi connectivity index (χ0) is 14.7. The number of hydrogen-bond acceptors (Lipinski definition) is 4. The quantitative estimate of drug-likeness (QED) is 0.807. The second-order valence-electron chi connectivity index (χ2n) is 4.64. The van der Waals surface area contributed by atoms with Crippen molar-refractivity contribution in [1.82, 2.24) is 4.13 Å². The molecule has 0 aromatic rings. The number of nitrogens with one attached hydrogen (secondary N) is 1. The fourth-order valence-electron chi connectivity index (χ4n) is 2.12. The molecule has 0 aromatic carbocycles. The standard InChI is InChI=1S/C9H16F3NO4S2/c10-9(11,12)19(16,17)13-18(14,15)7-3-6-8-4-1-2-5-8/h8,13H,1-7H2. The second kappa shape index (κ2) is 5.96. The number of rotatable bonds is 6. The van der Waals surface area contributed by atoms with Crippen LogP contribution >= 0.6 is 0 Å². The fourth-order valence-corrected chi connectivity index (χ4v) is 4.71. The zero-order valence-corrected chi connectivity index (χ0v) is 11.7. The molecule has 19 heavy (non-hydrogen) atoms. The van der Waals surface area contributed by atoms with Crippen LogP contribution in [0.5, 0.6) is 0 Å². The molecular weight excluding hydrogens is 307 g/mol. The van der Waals surface area contributed by atoms with E-state index in [1.165, 1.54) is 0 Å². The normalized spacial score (nSPS) is 18.9. The van der Waals surface area contributed by atoms with E-state index in [0.717, 1.165) is 29.8 Å². The number of alkyl halides is 3. The summed E-state index contributed by atoms with van der Waals surface area (Å²) >= 11 is 0. The fraction of sp³-hybridized carbons (Fsp3) is 1.00. The summed E-state index contributed by atoms with van der Waals surface area (Å²) in [6, 6.07) is 0. The van der Waals surface area contributed by atoms with Gasteiger partial charge in [-0.2, -0.15) is 13.2 Å². The zero-order valence-electron chi connectivity index (χ0n) is 10.1. The maximum atomic E-state index is 12.0. The summed E-state index contributed by atoms with van der Waals surface area (Å²) in [6.45, 7) is 0. The number of hydrogen-bond donors (Lipinski definition) is 1. The van der Waals surface area contributed by atoms with Crippen molar-refractivity contribution in [3.8, 4) is 0 Å². The van der Waals surface area contributed by atoms with E-state index in [1.807, 2.05) is 0 Å². The van der Waals surface area contributed by atoms with Crippen LogP contribution in [0.15, 0.2) is 0 Å². The minimum Gasteiger partial charge on any atom is -0.211 e. The summed E-state index contributed by atoms with van der Waals surface area (Å²) < 4.78 is 80.7. The van der Waals surface area contributed by atoms with E-state index in [0.29, 0.717) is 12.3 Å². The Labute approximate surface area is 110 Å². The second-order valence-corrected chi connectivity index (χ2v) is 8.42. The molecule has 1 rings (SSSR count). The monoisotopic (exact) mass is 323 g/mol.